The van der Waals surface area contributed by atoms with Crippen LogP contribution in [0.3, 0.4) is 0 Å². The summed E-state index contributed by atoms with van der Waals surface area (Å²) in [6.07, 6.45) is 0. The fraction of sp³-hybridized carbons (Fsp3) is 0.111. The standard InChI is InChI=1S/C18H16BrN/c1-12-4-2-3-5-17(12)18(20)15-7-6-14-11-16(19)9-8-13(14)10-15/h2-11,18H,20H2,1H3. The molecule has 2 heteroatoms. The minimum atomic E-state index is -0.0794. The molecule has 100 valence electrons. The third-order valence-corrected chi connectivity index (χ3v) is 4.20. The molecule has 0 saturated carbocycles. The van der Waals surface area contributed by atoms with Crippen LogP contribution in [0.1, 0.15) is 22.7 Å². The molecule has 0 bridgehead atoms. The van der Waals surface area contributed by atoms with Crippen LogP contribution in [0.2, 0.25) is 0 Å². The van der Waals surface area contributed by atoms with Crippen molar-refractivity contribution in [3.8, 4) is 0 Å². The molecular formula is C18H16BrN. The molecule has 0 saturated heterocycles. The van der Waals surface area contributed by atoms with Gasteiger partial charge in [0.15, 0.2) is 0 Å². The summed E-state index contributed by atoms with van der Waals surface area (Å²) in [6.45, 7) is 2.10. The van der Waals surface area contributed by atoms with E-state index >= 15 is 0 Å². The second-order valence-electron chi connectivity index (χ2n) is 5.09. The highest BCUT2D eigenvalue weighted by Gasteiger charge is 2.11. The van der Waals surface area contributed by atoms with Gasteiger partial charge < -0.3 is 5.73 Å². The molecule has 0 aliphatic carbocycles. The van der Waals surface area contributed by atoms with Gasteiger partial charge in [-0.05, 0) is 52.6 Å². The summed E-state index contributed by atoms with van der Waals surface area (Å²) >= 11 is 3.50. The van der Waals surface area contributed by atoms with Crippen LogP contribution in [0.5, 0.6) is 0 Å². The molecule has 0 fully saturated rings. The van der Waals surface area contributed by atoms with Crippen molar-refractivity contribution in [2.75, 3.05) is 0 Å². The molecule has 0 aromatic heterocycles. The molecule has 0 radical (unpaired) electrons. The van der Waals surface area contributed by atoms with E-state index in [4.69, 9.17) is 5.73 Å². The Labute approximate surface area is 127 Å². The summed E-state index contributed by atoms with van der Waals surface area (Å²) in [5, 5.41) is 2.44. The molecule has 3 aromatic rings. The topological polar surface area (TPSA) is 26.0 Å². The van der Waals surface area contributed by atoms with Crippen molar-refractivity contribution in [3.63, 3.8) is 0 Å². The first-order valence-electron chi connectivity index (χ1n) is 6.65. The predicted octanol–water partition coefficient (Wildman–Crippen LogP) is 4.96. The number of halogens is 1. The molecule has 0 heterocycles. The smallest absolute Gasteiger partial charge is 0.0554 e. The molecule has 0 aliphatic rings. The molecule has 3 aromatic carbocycles. The van der Waals surface area contributed by atoms with E-state index < -0.39 is 0 Å². The van der Waals surface area contributed by atoms with E-state index in [1.165, 1.54) is 21.9 Å². The fourth-order valence-electron chi connectivity index (χ4n) is 2.54. The molecule has 1 atom stereocenters. The van der Waals surface area contributed by atoms with Crippen LogP contribution >= 0.6 is 15.9 Å². The highest BCUT2D eigenvalue weighted by Crippen LogP contribution is 2.27. The lowest BCUT2D eigenvalue weighted by atomic mass is 9.94. The third-order valence-electron chi connectivity index (χ3n) is 3.71. The molecule has 20 heavy (non-hydrogen) atoms. The van der Waals surface area contributed by atoms with Gasteiger partial charge in [0.1, 0.15) is 0 Å². The number of nitrogens with two attached hydrogens (primary N) is 1. The zero-order valence-corrected chi connectivity index (χ0v) is 12.9. The van der Waals surface area contributed by atoms with Gasteiger partial charge in [0, 0.05) is 4.47 Å². The molecule has 0 aliphatic heterocycles. The number of fused-ring (bicyclic) bond motifs is 1. The van der Waals surface area contributed by atoms with Crippen LogP contribution in [0.4, 0.5) is 0 Å². The maximum absolute atomic E-state index is 6.43. The van der Waals surface area contributed by atoms with Crippen molar-refractivity contribution in [2.24, 2.45) is 5.73 Å². The lowest BCUT2D eigenvalue weighted by Crippen LogP contribution is -2.13. The summed E-state index contributed by atoms with van der Waals surface area (Å²) in [4.78, 5) is 0. The molecule has 1 nitrogen and oxygen atoms in total. The third kappa shape index (κ3) is 2.49. The first kappa shape index (κ1) is 13.3. The Morgan fingerprint density at radius 3 is 2.40 bits per heavy atom. The number of aryl methyl sites for hydroxylation is 1. The van der Waals surface area contributed by atoms with E-state index in [9.17, 15) is 0 Å². The lowest BCUT2D eigenvalue weighted by molar-refractivity contribution is 0.863. The fourth-order valence-corrected chi connectivity index (χ4v) is 2.92. The average molecular weight is 326 g/mol. The van der Waals surface area contributed by atoms with Gasteiger partial charge in [0.05, 0.1) is 6.04 Å². The Balaban J connectivity index is 2.06. The van der Waals surface area contributed by atoms with Gasteiger partial charge in [-0.15, -0.1) is 0 Å². The number of rotatable bonds is 2. The Bertz CT molecular complexity index is 764. The van der Waals surface area contributed by atoms with Gasteiger partial charge >= 0.3 is 0 Å². The van der Waals surface area contributed by atoms with Crippen LogP contribution in [0, 0.1) is 6.92 Å². The minimum Gasteiger partial charge on any atom is -0.320 e. The zero-order valence-electron chi connectivity index (χ0n) is 11.3. The maximum Gasteiger partial charge on any atom is 0.0554 e. The van der Waals surface area contributed by atoms with Crippen LogP contribution in [-0.2, 0) is 0 Å². The van der Waals surface area contributed by atoms with Crippen molar-refractivity contribution in [1.29, 1.82) is 0 Å². The number of benzene rings is 3. The van der Waals surface area contributed by atoms with E-state index in [1.807, 2.05) is 12.1 Å². The van der Waals surface area contributed by atoms with Gasteiger partial charge in [-0.2, -0.15) is 0 Å². The number of hydrogen-bond donors (Lipinski definition) is 1. The molecule has 1 unspecified atom stereocenters. The van der Waals surface area contributed by atoms with E-state index in [2.05, 4.69) is 71.4 Å². The monoisotopic (exact) mass is 325 g/mol. The van der Waals surface area contributed by atoms with Crippen molar-refractivity contribution < 1.29 is 0 Å². The van der Waals surface area contributed by atoms with Gasteiger partial charge in [-0.25, -0.2) is 0 Å². The Morgan fingerprint density at radius 1 is 0.900 bits per heavy atom. The van der Waals surface area contributed by atoms with Gasteiger partial charge in [0.2, 0.25) is 0 Å². The highest BCUT2D eigenvalue weighted by atomic mass is 79.9. The second-order valence-corrected chi connectivity index (χ2v) is 6.00. The Hall–Kier alpha value is -1.64. The number of hydrogen-bond acceptors (Lipinski definition) is 1. The lowest BCUT2D eigenvalue weighted by Gasteiger charge is -2.16. The summed E-state index contributed by atoms with van der Waals surface area (Å²) in [5.74, 6) is 0. The van der Waals surface area contributed by atoms with Crippen molar-refractivity contribution >= 4 is 26.7 Å². The van der Waals surface area contributed by atoms with Crippen LogP contribution in [0.25, 0.3) is 10.8 Å². The van der Waals surface area contributed by atoms with E-state index in [0.29, 0.717) is 0 Å². The molecule has 2 N–H and O–H groups in total. The van der Waals surface area contributed by atoms with Gasteiger partial charge in [-0.1, -0.05) is 58.4 Å². The van der Waals surface area contributed by atoms with E-state index in [-0.39, 0.29) is 6.04 Å². The normalized spacial score (nSPS) is 12.6. The summed E-state index contributed by atoms with van der Waals surface area (Å²) < 4.78 is 1.10. The first-order valence-corrected chi connectivity index (χ1v) is 7.45. The van der Waals surface area contributed by atoms with Crippen molar-refractivity contribution in [1.82, 2.24) is 0 Å². The quantitative estimate of drug-likeness (QED) is 0.708. The summed E-state index contributed by atoms with van der Waals surface area (Å²) in [5.41, 5.74) is 9.99. The first-order chi connectivity index (χ1) is 9.65. The average Bonchev–Trinajstić information content (AvgIpc) is 2.46. The molecule has 0 amide bonds. The summed E-state index contributed by atoms with van der Waals surface area (Å²) in [6, 6.07) is 20.9. The van der Waals surface area contributed by atoms with Crippen LogP contribution in [0.15, 0.2) is 65.1 Å². The summed E-state index contributed by atoms with van der Waals surface area (Å²) in [7, 11) is 0. The molecule has 3 rings (SSSR count). The maximum atomic E-state index is 6.43. The Kier molecular flexibility index (Phi) is 3.60. The zero-order chi connectivity index (χ0) is 14.1. The van der Waals surface area contributed by atoms with Crippen molar-refractivity contribution in [2.45, 2.75) is 13.0 Å². The minimum absolute atomic E-state index is 0.0794. The van der Waals surface area contributed by atoms with E-state index in [0.717, 1.165) is 10.0 Å². The van der Waals surface area contributed by atoms with Crippen LogP contribution in [-0.4, -0.2) is 0 Å². The van der Waals surface area contributed by atoms with Gasteiger partial charge in [0.25, 0.3) is 0 Å². The Morgan fingerprint density at radius 2 is 1.60 bits per heavy atom. The van der Waals surface area contributed by atoms with Crippen LogP contribution < -0.4 is 5.73 Å². The second kappa shape index (κ2) is 5.39. The van der Waals surface area contributed by atoms with Crippen molar-refractivity contribution in [3.05, 3.63) is 81.8 Å². The molecule has 0 spiro atoms. The molecular weight excluding hydrogens is 310 g/mol. The largest absolute Gasteiger partial charge is 0.320 e. The predicted molar refractivity (Wildman–Crippen MR) is 88.9 cm³/mol. The SMILES string of the molecule is Cc1ccccc1C(N)c1ccc2cc(Br)ccc2c1. The van der Waals surface area contributed by atoms with E-state index in [1.54, 1.807) is 0 Å². The van der Waals surface area contributed by atoms with Gasteiger partial charge in [-0.3, -0.25) is 0 Å². The highest BCUT2D eigenvalue weighted by molar-refractivity contribution is 9.10.